The van der Waals surface area contributed by atoms with Crippen LogP contribution in [0.3, 0.4) is 0 Å². The summed E-state index contributed by atoms with van der Waals surface area (Å²) in [6, 6.07) is 7.41. The van der Waals surface area contributed by atoms with E-state index in [1.807, 2.05) is 23.1 Å². The number of amides is 2. The molecule has 2 fully saturated rings. The molecule has 140 valence electrons. The van der Waals surface area contributed by atoms with Gasteiger partial charge in [-0.05, 0) is 43.9 Å². The number of carbonyl (C=O) groups excluding carboxylic acids is 2. The zero-order valence-electron chi connectivity index (χ0n) is 14.9. The first kappa shape index (κ1) is 18.8. The number of hydrogen-bond acceptors (Lipinski definition) is 3. The van der Waals surface area contributed by atoms with Crippen LogP contribution in [0.25, 0.3) is 0 Å². The lowest BCUT2D eigenvalue weighted by Gasteiger charge is -2.38. The van der Waals surface area contributed by atoms with Crippen molar-refractivity contribution in [3.63, 3.8) is 0 Å². The van der Waals surface area contributed by atoms with E-state index in [1.165, 1.54) is 6.08 Å². The van der Waals surface area contributed by atoms with Crippen LogP contribution < -0.4 is 4.74 Å². The van der Waals surface area contributed by atoms with Crippen LogP contribution in [0, 0.1) is 5.92 Å². The van der Waals surface area contributed by atoms with Gasteiger partial charge in [-0.25, -0.2) is 0 Å². The molecule has 1 aromatic carbocycles. The average molecular weight is 377 g/mol. The Labute approximate surface area is 159 Å². The number of benzene rings is 1. The topological polar surface area (TPSA) is 49.9 Å². The van der Waals surface area contributed by atoms with Crippen molar-refractivity contribution in [2.24, 2.45) is 5.92 Å². The van der Waals surface area contributed by atoms with Crippen molar-refractivity contribution < 1.29 is 14.3 Å². The van der Waals surface area contributed by atoms with Crippen LogP contribution in [-0.2, 0) is 9.59 Å². The normalized spacial score (nSPS) is 23.4. The summed E-state index contributed by atoms with van der Waals surface area (Å²) >= 11 is 6.17. The molecule has 2 amide bonds. The maximum Gasteiger partial charge on any atom is 0.245 e. The van der Waals surface area contributed by atoms with Gasteiger partial charge in [0.15, 0.2) is 0 Å². The minimum Gasteiger partial charge on any atom is -0.487 e. The number of hydrogen-bond donors (Lipinski definition) is 0. The third-order valence-electron chi connectivity index (χ3n) is 5.08. The van der Waals surface area contributed by atoms with E-state index >= 15 is 0 Å². The molecule has 0 aliphatic carbocycles. The Balaban J connectivity index is 1.60. The Kier molecular flexibility index (Phi) is 6.20. The molecule has 26 heavy (non-hydrogen) atoms. The summed E-state index contributed by atoms with van der Waals surface area (Å²) in [4.78, 5) is 28.4. The van der Waals surface area contributed by atoms with E-state index < -0.39 is 0 Å². The van der Waals surface area contributed by atoms with E-state index in [1.54, 1.807) is 11.0 Å². The fourth-order valence-corrected chi connectivity index (χ4v) is 3.90. The van der Waals surface area contributed by atoms with E-state index in [2.05, 4.69) is 6.58 Å². The van der Waals surface area contributed by atoms with Crippen LogP contribution in [0.5, 0.6) is 5.75 Å². The molecule has 2 aliphatic heterocycles. The molecule has 0 spiro atoms. The Morgan fingerprint density at radius 2 is 1.85 bits per heavy atom. The van der Waals surface area contributed by atoms with Crippen molar-refractivity contribution in [3.8, 4) is 5.75 Å². The van der Waals surface area contributed by atoms with E-state index in [4.69, 9.17) is 16.3 Å². The predicted molar refractivity (Wildman–Crippen MR) is 101 cm³/mol. The molecule has 0 N–H and O–H groups in total. The molecule has 0 saturated carbocycles. The third kappa shape index (κ3) is 4.39. The average Bonchev–Trinajstić information content (AvgIpc) is 2.69. The minimum atomic E-state index is -0.133. The van der Waals surface area contributed by atoms with Gasteiger partial charge in [0.1, 0.15) is 11.9 Å². The van der Waals surface area contributed by atoms with Crippen molar-refractivity contribution in [1.29, 1.82) is 0 Å². The monoisotopic (exact) mass is 376 g/mol. The molecule has 2 atom stereocenters. The standard InChI is InChI=1S/C20H25ClN2O3/c1-2-19(24)22-11-5-7-15(13-22)20(25)23-12-6-8-16(14-23)26-18-10-4-3-9-17(18)21/h2-4,9-10,15-16H,1,5-8,11-14H2. The van der Waals surface area contributed by atoms with Crippen LogP contribution in [0.4, 0.5) is 0 Å². The van der Waals surface area contributed by atoms with Crippen LogP contribution in [0.1, 0.15) is 25.7 Å². The summed E-state index contributed by atoms with van der Waals surface area (Å²) in [6.45, 7) is 6.03. The Morgan fingerprint density at radius 3 is 2.62 bits per heavy atom. The lowest BCUT2D eigenvalue weighted by molar-refractivity contribution is -0.141. The molecule has 5 nitrogen and oxygen atoms in total. The SMILES string of the molecule is C=CC(=O)N1CCCC(C(=O)N2CCCC(Oc3ccccc3Cl)C2)C1. The number of nitrogens with zero attached hydrogens (tertiary/aromatic N) is 2. The summed E-state index contributed by atoms with van der Waals surface area (Å²) in [5.74, 6) is 0.556. The van der Waals surface area contributed by atoms with Gasteiger partial charge < -0.3 is 14.5 Å². The van der Waals surface area contributed by atoms with Gasteiger partial charge in [0.05, 0.1) is 17.5 Å². The fourth-order valence-electron chi connectivity index (χ4n) is 3.72. The molecule has 2 heterocycles. The first-order valence-electron chi connectivity index (χ1n) is 9.20. The van der Waals surface area contributed by atoms with Gasteiger partial charge in [0.2, 0.25) is 11.8 Å². The number of ether oxygens (including phenoxy) is 1. The summed E-state index contributed by atoms with van der Waals surface area (Å²) in [6.07, 6.45) is 4.75. The van der Waals surface area contributed by atoms with E-state index in [9.17, 15) is 9.59 Å². The second-order valence-corrected chi connectivity index (χ2v) is 7.33. The molecule has 2 saturated heterocycles. The predicted octanol–water partition coefficient (Wildman–Crippen LogP) is 3.13. The van der Waals surface area contributed by atoms with Crippen LogP contribution in [-0.4, -0.2) is 53.9 Å². The highest BCUT2D eigenvalue weighted by Crippen LogP contribution is 2.27. The fraction of sp³-hybridized carbons (Fsp3) is 0.500. The number of rotatable bonds is 4. The zero-order chi connectivity index (χ0) is 18.5. The first-order valence-corrected chi connectivity index (χ1v) is 9.57. The zero-order valence-corrected chi connectivity index (χ0v) is 15.7. The Hall–Kier alpha value is -2.01. The summed E-state index contributed by atoms with van der Waals surface area (Å²) in [5.41, 5.74) is 0. The van der Waals surface area contributed by atoms with Crippen molar-refractivity contribution in [3.05, 3.63) is 41.9 Å². The largest absolute Gasteiger partial charge is 0.487 e. The molecule has 1 aromatic rings. The van der Waals surface area contributed by atoms with Crippen LogP contribution >= 0.6 is 11.6 Å². The molecule has 2 aliphatic rings. The molecule has 2 unspecified atom stereocenters. The molecule has 3 rings (SSSR count). The highest BCUT2D eigenvalue weighted by atomic mass is 35.5. The van der Waals surface area contributed by atoms with E-state index in [-0.39, 0.29) is 23.8 Å². The smallest absolute Gasteiger partial charge is 0.245 e. The number of halogens is 1. The summed E-state index contributed by atoms with van der Waals surface area (Å²) < 4.78 is 6.03. The quantitative estimate of drug-likeness (QED) is 0.758. The van der Waals surface area contributed by atoms with E-state index in [0.717, 1.165) is 32.2 Å². The lowest BCUT2D eigenvalue weighted by atomic mass is 9.95. The highest BCUT2D eigenvalue weighted by molar-refractivity contribution is 6.32. The van der Waals surface area contributed by atoms with Crippen molar-refractivity contribution in [2.45, 2.75) is 31.8 Å². The van der Waals surface area contributed by atoms with Crippen molar-refractivity contribution in [1.82, 2.24) is 9.80 Å². The van der Waals surface area contributed by atoms with Gasteiger partial charge in [-0.2, -0.15) is 0 Å². The van der Waals surface area contributed by atoms with Crippen LogP contribution in [0.15, 0.2) is 36.9 Å². The second kappa shape index (κ2) is 8.58. The molecular weight excluding hydrogens is 352 g/mol. The molecule has 0 radical (unpaired) electrons. The molecule has 0 aromatic heterocycles. The maximum atomic E-state index is 13.0. The summed E-state index contributed by atoms with van der Waals surface area (Å²) in [7, 11) is 0. The third-order valence-corrected chi connectivity index (χ3v) is 5.39. The molecular formula is C20H25ClN2O3. The molecule has 6 heteroatoms. The van der Waals surface area contributed by atoms with Gasteiger partial charge in [-0.15, -0.1) is 0 Å². The molecule has 0 bridgehead atoms. The van der Waals surface area contributed by atoms with Gasteiger partial charge in [0, 0.05) is 19.6 Å². The van der Waals surface area contributed by atoms with Gasteiger partial charge >= 0.3 is 0 Å². The number of piperidine rings is 2. The highest BCUT2D eigenvalue weighted by Gasteiger charge is 2.33. The lowest BCUT2D eigenvalue weighted by Crippen LogP contribution is -2.50. The van der Waals surface area contributed by atoms with E-state index in [0.29, 0.717) is 30.4 Å². The number of para-hydroxylation sites is 1. The number of likely N-dealkylation sites (tertiary alicyclic amines) is 2. The van der Waals surface area contributed by atoms with Crippen molar-refractivity contribution in [2.75, 3.05) is 26.2 Å². The first-order chi connectivity index (χ1) is 12.6. The van der Waals surface area contributed by atoms with Crippen molar-refractivity contribution >= 4 is 23.4 Å². The van der Waals surface area contributed by atoms with Gasteiger partial charge in [-0.1, -0.05) is 30.3 Å². The summed E-state index contributed by atoms with van der Waals surface area (Å²) in [5, 5.41) is 0.585. The maximum absolute atomic E-state index is 13.0. The van der Waals surface area contributed by atoms with Crippen LogP contribution in [0.2, 0.25) is 5.02 Å². The van der Waals surface area contributed by atoms with Gasteiger partial charge in [0.25, 0.3) is 0 Å². The minimum absolute atomic E-state index is 0.0536. The number of carbonyl (C=O) groups is 2. The Morgan fingerprint density at radius 1 is 1.12 bits per heavy atom. The van der Waals surface area contributed by atoms with Gasteiger partial charge in [-0.3, -0.25) is 9.59 Å². The Bertz CT molecular complexity index is 679. The second-order valence-electron chi connectivity index (χ2n) is 6.92.